The molecule has 0 aromatic carbocycles. The molecule has 9 heteroatoms. The van der Waals surface area contributed by atoms with E-state index in [1.54, 1.807) is 6.08 Å². The molecule has 0 aromatic heterocycles. The highest BCUT2D eigenvalue weighted by molar-refractivity contribution is 5.76. The summed E-state index contributed by atoms with van der Waals surface area (Å²) in [4.78, 5) is 12.8. The van der Waals surface area contributed by atoms with Gasteiger partial charge in [0.1, 0.15) is 24.4 Å². The van der Waals surface area contributed by atoms with Crippen LogP contribution in [0.15, 0.2) is 48.6 Å². The van der Waals surface area contributed by atoms with Gasteiger partial charge in [-0.3, -0.25) is 4.79 Å². The third-order valence-electron chi connectivity index (χ3n) is 8.64. The van der Waals surface area contributed by atoms with Crippen molar-refractivity contribution >= 4 is 5.91 Å². The molecule has 1 aliphatic rings. The second-order valence-corrected chi connectivity index (χ2v) is 13.0. The molecule has 0 radical (unpaired) electrons. The molecule has 278 valence electrons. The van der Waals surface area contributed by atoms with Crippen LogP contribution in [0.5, 0.6) is 0 Å². The number of aliphatic hydroxyl groups is 5. The molecule has 1 heterocycles. The summed E-state index contributed by atoms with van der Waals surface area (Å²) in [5, 5.41) is 53.7. The quantitative estimate of drug-likeness (QED) is 0.0397. The Balaban J connectivity index is 2.55. The molecule has 1 aliphatic heterocycles. The second kappa shape index (κ2) is 30.0. The Labute approximate surface area is 291 Å². The monoisotopic (exact) mass is 680 g/mol. The van der Waals surface area contributed by atoms with Crippen LogP contribution in [0.4, 0.5) is 0 Å². The number of carbonyl (C=O) groups is 1. The Morgan fingerprint density at radius 3 is 1.88 bits per heavy atom. The van der Waals surface area contributed by atoms with E-state index in [9.17, 15) is 30.3 Å². The molecule has 1 fully saturated rings. The van der Waals surface area contributed by atoms with Crippen LogP contribution in [0.2, 0.25) is 0 Å². The summed E-state index contributed by atoms with van der Waals surface area (Å²) in [6.45, 7) is 3.65. The molecule has 48 heavy (non-hydrogen) atoms. The third kappa shape index (κ3) is 21.3. The third-order valence-corrected chi connectivity index (χ3v) is 8.64. The van der Waals surface area contributed by atoms with Gasteiger partial charge in [-0.2, -0.15) is 0 Å². The number of aliphatic hydroxyl groups excluding tert-OH is 5. The van der Waals surface area contributed by atoms with Crippen molar-refractivity contribution in [3.63, 3.8) is 0 Å². The molecule has 1 rings (SSSR count). The molecule has 1 amide bonds. The van der Waals surface area contributed by atoms with E-state index < -0.39 is 49.5 Å². The first-order valence-corrected chi connectivity index (χ1v) is 18.9. The number of amides is 1. The fourth-order valence-electron chi connectivity index (χ4n) is 5.51. The van der Waals surface area contributed by atoms with E-state index in [0.717, 1.165) is 32.1 Å². The largest absolute Gasteiger partial charge is 0.394 e. The molecule has 9 nitrogen and oxygen atoms in total. The van der Waals surface area contributed by atoms with Crippen molar-refractivity contribution in [1.29, 1.82) is 0 Å². The van der Waals surface area contributed by atoms with Crippen LogP contribution in [-0.2, 0) is 14.3 Å². The minimum Gasteiger partial charge on any atom is -0.394 e. The summed E-state index contributed by atoms with van der Waals surface area (Å²) in [5.74, 6) is -0.259. The molecular formula is C39H69NO8. The van der Waals surface area contributed by atoms with E-state index in [1.165, 1.54) is 77.0 Å². The van der Waals surface area contributed by atoms with Crippen LogP contribution in [0, 0.1) is 0 Å². The predicted molar refractivity (Wildman–Crippen MR) is 193 cm³/mol. The van der Waals surface area contributed by atoms with Crippen molar-refractivity contribution in [3.8, 4) is 0 Å². The van der Waals surface area contributed by atoms with Crippen molar-refractivity contribution in [2.75, 3.05) is 13.2 Å². The normalized spacial score (nSPS) is 23.2. The summed E-state index contributed by atoms with van der Waals surface area (Å²) >= 11 is 0. The van der Waals surface area contributed by atoms with Crippen LogP contribution in [-0.4, -0.2) is 87.5 Å². The second-order valence-electron chi connectivity index (χ2n) is 13.0. The lowest BCUT2D eigenvalue weighted by Gasteiger charge is -2.40. The van der Waals surface area contributed by atoms with E-state index in [0.29, 0.717) is 6.42 Å². The van der Waals surface area contributed by atoms with Gasteiger partial charge in [-0.05, 0) is 51.4 Å². The smallest absolute Gasteiger partial charge is 0.220 e. The lowest BCUT2D eigenvalue weighted by Crippen LogP contribution is -2.60. The molecular weight excluding hydrogens is 610 g/mol. The first-order chi connectivity index (χ1) is 23.3. The predicted octanol–water partition coefficient (Wildman–Crippen LogP) is 6.33. The first-order valence-electron chi connectivity index (χ1n) is 18.9. The SMILES string of the molecule is CCCCCCCC/C=C\C/C=C\CCC(=O)NC(COC1OC(CO)C(O)C(O)C1O)C(O)/C=C/CC/C=C/CCCCCCCC. The van der Waals surface area contributed by atoms with Crippen LogP contribution in [0.25, 0.3) is 0 Å². The molecule has 0 saturated carbocycles. The summed E-state index contributed by atoms with van der Waals surface area (Å²) in [6, 6.07) is -0.849. The summed E-state index contributed by atoms with van der Waals surface area (Å²) in [6.07, 6.45) is 28.8. The standard InChI is InChI=1S/C39H69NO8/c1-3-5-7-9-11-13-15-17-19-21-23-25-27-29-35(43)40-32(31-47-39-38(46)37(45)36(44)34(30-41)48-39)33(42)28-26-24-22-20-18-16-14-12-10-8-6-4-2/h17-20,23,25-26,28,32-34,36-39,41-42,44-46H,3-16,21-22,24,27,29-31H2,1-2H3,(H,40,43)/b19-17-,20-18+,25-23-,28-26+. The average Bonchev–Trinajstić information content (AvgIpc) is 3.08. The number of ether oxygens (including phenoxy) is 2. The minimum absolute atomic E-state index is 0.225. The Morgan fingerprint density at radius 1 is 0.708 bits per heavy atom. The molecule has 0 spiro atoms. The van der Waals surface area contributed by atoms with Crippen LogP contribution in [0.1, 0.15) is 136 Å². The molecule has 0 bridgehead atoms. The maximum Gasteiger partial charge on any atom is 0.220 e. The highest BCUT2D eigenvalue weighted by atomic mass is 16.7. The highest BCUT2D eigenvalue weighted by Gasteiger charge is 2.44. The lowest BCUT2D eigenvalue weighted by atomic mass is 9.99. The average molecular weight is 680 g/mol. The van der Waals surface area contributed by atoms with E-state index in [1.807, 2.05) is 18.2 Å². The zero-order valence-corrected chi connectivity index (χ0v) is 30.0. The van der Waals surface area contributed by atoms with Crippen LogP contribution >= 0.6 is 0 Å². The number of hydrogen-bond acceptors (Lipinski definition) is 8. The van der Waals surface area contributed by atoms with Gasteiger partial charge < -0.3 is 40.3 Å². The van der Waals surface area contributed by atoms with Gasteiger partial charge in [-0.1, -0.05) is 127 Å². The van der Waals surface area contributed by atoms with Gasteiger partial charge in [-0.15, -0.1) is 0 Å². The number of rotatable bonds is 29. The zero-order valence-electron chi connectivity index (χ0n) is 30.0. The van der Waals surface area contributed by atoms with E-state index >= 15 is 0 Å². The van der Waals surface area contributed by atoms with Gasteiger partial charge in [0.15, 0.2) is 6.29 Å². The number of allylic oxidation sites excluding steroid dienone is 7. The van der Waals surface area contributed by atoms with E-state index in [2.05, 4.69) is 43.5 Å². The van der Waals surface area contributed by atoms with Crippen molar-refractivity contribution in [3.05, 3.63) is 48.6 Å². The fourth-order valence-corrected chi connectivity index (χ4v) is 5.51. The fraction of sp³-hybridized carbons (Fsp3) is 0.769. The summed E-state index contributed by atoms with van der Waals surface area (Å²) in [5.41, 5.74) is 0. The molecule has 0 aliphatic carbocycles. The lowest BCUT2D eigenvalue weighted by molar-refractivity contribution is -0.302. The van der Waals surface area contributed by atoms with Crippen molar-refractivity contribution in [2.24, 2.45) is 0 Å². The molecule has 7 unspecified atom stereocenters. The summed E-state index contributed by atoms with van der Waals surface area (Å²) in [7, 11) is 0. The first kappa shape index (κ1) is 44.2. The van der Waals surface area contributed by atoms with Crippen LogP contribution in [0.3, 0.4) is 0 Å². The van der Waals surface area contributed by atoms with E-state index in [-0.39, 0.29) is 18.9 Å². The van der Waals surface area contributed by atoms with Crippen molar-refractivity contribution in [1.82, 2.24) is 5.32 Å². The van der Waals surface area contributed by atoms with Crippen molar-refractivity contribution < 1.29 is 39.8 Å². The van der Waals surface area contributed by atoms with Gasteiger partial charge in [0.2, 0.25) is 5.91 Å². The van der Waals surface area contributed by atoms with Gasteiger partial charge in [0, 0.05) is 6.42 Å². The van der Waals surface area contributed by atoms with E-state index in [4.69, 9.17) is 9.47 Å². The maximum absolute atomic E-state index is 12.8. The molecule has 0 aromatic rings. The highest BCUT2D eigenvalue weighted by Crippen LogP contribution is 2.22. The Bertz CT molecular complexity index is 889. The van der Waals surface area contributed by atoms with Gasteiger partial charge in [0.05, 0.1) is 25.4 Å². The zero-order chi connectivity index (χ0) is 35.2. The topological polar surface area (TPSA) is 149 Å². The van der Waals surface area contributed by atoms with Gasteiger partial charge >= 0.3 is 0 Å². The molecule has 7 atom stereocenters. The Morgan fingerprint density at radius 2 is 1.25 bits per heavy atom. The summed E-state index contributed by atoms with van der Waals surface area (Å²) < 4.78 is 11.1. The van der Waals surface area contributed by atoms with Gasteiger partial charge in [0.25, 0.3) is 0 Å². The maximum atomic E-state index is 12.8. The molecule has 6 N–H and O–H groups in total. The van der Waals surface area contributed by atoms with Gasteiger partial charge in [-0.25, -0.2) is 0 Å². The molecule has 1 saturated heterocycles. The Kier molecular flexibility index (Phi) is 27.6. The number of unbranched alkanes of at least 4 members (excludes halogenated alkanes) is 13. The number of nitrogens with one attached hydrogen (secondary N) is 1. The minimum atomic E-state index is -1.58. The van der Waals surface area contributed by atoms with Crippen molar-refractivity contribution in [2.45, 2.75) is 179 Å². The number of carbonyl (C=O) groups excluding carboxylic acids is 1. The number of hydrogen-bond donors (Lipinski definition) is 6. The van der Waals surface area contributed by atoms with Crippen LogP contribution < -0.4 is 5.32 Å². The Hall–Kier alpha value is -1.85.